The van der Waals surface area contributed by atoms with E-state index in [1.807, 2.05) is 31.2 Å². The van der Waals surface area contributed by atoms with E-state index in [1.165, 1.54) is 0 Å². The summed E-state index contributed by atoms with van der Waals surface area (Å²) in [6.07, 6.45) is 0. The summed E-state index contributed by atoms with van der Waals surface area (Å²) in [5.74, 6) is 1.08. The lowest BCUT2D eigenvalue weighted by molar-refractivity contribution is -0.113. The zero-order valence-corrected chi connectivity index (χ0v) is 21.3. The maximum absolute atomic E-state index is 13.7. The number of carbonyl (C=O) groups excluding carboxylic acids is 1. The van der Waals surface area contributed by atoms with Gasteiger partial charge in [-0.3, -0.25) is 4.79 Å². The van der Waals surface area contributed by atoms with Gasteiger partial charge in [-0.25, -0.2) is 4.68 Å². The number of ether oxygens (including phenoxy) is 1. The minimum absolute atomic E-state index is 0.332. The Morgan fingerprint density at radius 2 is 1.86 bits per heavy atom. The highest BCUT2D eigenvalue weighted by molar-refractivity contribution is 6.42. The van der Waals surface area contributed by atoms with Crippen molar-refractivity contribution >= 4 is 40.7 Å². The molecule has 1 aliphatic heterocycles. The number of nitriles is 1. The molecule has 0 radical (unpaired) electrons. The molecule has 8 nitrogen and oxygen atoms in total. The number of nitrogens with one attached hydrogen (secondary N) is 2. The van der Waals surface area contributed by atoms with E-state index in [4.69, 9.17) is 33.0 Å². The second-order valence-corrected chi connectivity index (χ2v) is 9.10. The van der Waals surface area contributed by atoms with E-state index in [0.29, 0.717) is 55.7 Å². The van der Waals surface area contributed by atoms with Gasteiger partial charge in [0.2, 0.25) is 5.95 Å². The summed E-state index contributed by atoms with van der Waals surface area (Å²) in [5.41, 5.74) is 3.53. The number of aromatic nitrogens is 3. The molecule has 0 fully saturated rings. The van der Waals surface area contributed by atoms with Gasteiger partial charge in [0.05, 0.1) is 40.0 Å². The average molecular weight is 531 g/mol. The van der Waals surface area contributed by atoms with Crippen molar-refractivity contribution in [1.82, 2.24) is 14.8 Å². The number of allylic oxidation sites excluding steroid dienone is 1. The quantitative estimate of drug-likeness (QED) is 0.325. The van der Waals surface area contributed by atoms with Crippen LogP contribution in [0.5, 0.6) is 5.75 Å². The fourth-order valence-corrected chi connectivity index (χ4v) is 4.49. The molecule has 1 aliphatic rings. The number of amides is 1. The first-order valence-electron chi connectivity index (χ1n) is 11.2. The second-order valence-electron chi connectivity index (χ2n) is 8.29. The van der Waals surface area contributed by atoms with Crippen molar-refractivity contribution in [2.45, 2.75) is 13.0 Å². The number of hydrogen-bond donors (Lipinski definition) is 2. The van der Waals surface area contributed by atoms with E-state index in [1.54, 1.807) is 54.3 Å². The molecular formula is C27H20Cl2N6O2. The normalized spacial score (nSPS) is 14.4. The number of anilines is 2. The number of hydrogen-bond acceptors (Lipinski definition) is 6. The van der Waals surface area contributed by atoms with E-state index in [-0.39, 0.29) is 5.91 Å². The van der Waals surface area contributed by atoms with Crippen molar-refractivity contribution in [3.05, 3.63) is 99.2 Å². The molecule has 1 aromatic heterocycles. The first kappa shape index (κ1) is 24.4. The molecule has 3 aromatic carbocycles. The maximum Gasteiger partial charge on any atom is 0.255 e. The van der Waals surface area contributed by atoms with Crippen molar-refractivity contribution in [2.24, 2.45) is 0 Å². The highest BCUT2D eigenvalue weighted by atomic mass is 35.5. The van der Waals surface area contributed by atoms with Crippen molar-refractivity contribution in [1.29, 1.82) is 5.26 Å². The van der Waals surface area contributed by atoms with Crippen LogP contribution in [0, 0.1) is 11.3 Å². The Kier molecular flexibility index (Phi) is 6.57. The molecule has 2 N–H and O–H groups in total. The Balaban J connectivity index is 1.61. The standard InChI is InChI=1S/C27H20Cl2N6O2/c1-15-23(26(36)32-21-5-3-4-6-22(21)37-2)24(17-9-7-16(14-30)8-10-17)35-27(31-15)33-25(34-35)18-11-12-19(28)20(29)13-18/h3-13,24H,1-2H3,(H,32,36)(H,31,33,34). The van der Waals surface area contributed by atoms with Gasteiger partial charge in [-0.05, 0) is 55.0 Å². The molecule has 0 bridgehead atoms. The predicted molar refractivity (Wildman–Crippen MR) is 143 cm³/mol. The molecule has 0 aliphatic carbocycles. The first-order valence-corrected chi connectivity index (χ1v) is 12.0. The Morgan fingerprint density at radius 3 is 2.57 bits per heavy atom. The van der Waals surface area contributed by atoms with Gasteiger partial charge < -0.3 is 15.4 Å². The van der Waals surface area contributed by atoms with E-state index in [2.05, 4.69) is 21.7 Å². The van der Waals surface area contributed by atoms with Crippen LogP contribution in [0.4, 0.5) is 11.6 Å². The number of nitrogens with zero attached hydrogens (tertiary/aromatic N) is 4. The number of rotatable bonds is 5. The predicted octanol–water partition coefficient (Wildman–Crippen LogP) is 6.06. The molecule has 5 rings (SSSR count). The smallest absolute Gasteiger partial charge is 0.255 e. The van der Waals surface area contributed by atoms with Gasteiger partial charge in [0.25, 0.3) is 5.91 Å². The summed E-state index contributed by atoms with van der Waals surface area (Å²) in [6.45, 7) is 1.81. The van der Waals surface area contributed by atoms with Gasteiger partial charge in [-0.1, -0.05) is 47.5 Å². The molecule has 1 amide bonds. The van der Waals surface area contributed by atoms with Crippen LogP contribution in [-0.2, 0) is 4.79 Å². The van der Waals surface area contributed by atoms with Crippen LogP contribution < -0.4 is 15.4 Å². The molecule has 184 valence electrons. The third kappa shape index (κ3) is 4.62. The van der Waals surface area contributed by atoms with Crippen LogP contribution in [0.25, 0.3) is 11.4 Å². The van der Waals surface area contributed by atoms with E-state index >= 15 is 0 Å². The van der Waals surface area contributed by atoms with E-state index < -0.39 is 6.04 Å². The number of para-hydroxylation sites is 2. The molecule has 0 spiro atoms. The zero-order valence-electron chi connectivity index (χ0n) is 19.8. The van der Waals surface area contributed by atoms with Crippen LogP contribution in [0.3, 0.4) is 0 Å². The lowest BCUT2D eigenvalue weighted by Gasteiger charge is -2.28. The summed E-state index contributed by atoms with van der Waals surface area (Å²) >= 11 is 12.3. The van der Waals surface area contributed by atoms with Crippen LogP contribution in [0.2, 0.25) is 10.0 Å². The molecule has 1 atom stereocenters. The average Bonchev–Trinajstić information content (AvgIpc) is 3.33. The highest BCUT2D eigenvalue weighted by Crippen LogP contribution is 2.38. The van der Waals surface area contributed by atoms with Crippen LogP contribution in [0.1, 0.15) is 24.1 Å². The van der Waals surface area contributed by atoms with Crippen molar-refractivity contribution in [3.8, 4) is 23.2 Å². The zero-order chi connectivity index (χ0) is 26.1. The summed E-state index contributed by atoms with van der Waals surface area (Å²) in [5, 5.41) is 21.0. The summed E-state index contributed by atoms with van der Waals surface area (Å²) in [7, 11) is 1.55. The molecule has 0 saturated carbocycles. The number of benzene rings is 3. The Hall–Kier alpha value is -4.32. The van der Waals surface area contributed by atoms with Gasteiger partial charge in [-0.2, -0.15) is 10.2 Å². The summed E-state index contributed by atoms with van der Waals surface area (Å²) < 4.78 is 7.06. The van der Waals surface area contributed by atoms with Crippen molar-refractivity contribution in [3.63, 3.8) is 0 Å². The lowest BCUT2D eigenvalue weighted by atomic mass is 9.94. The highest BCUT2D eigenvalue weighted by Gasteiger charge is 2.34. The Labute approximate surface area is 223 Å². The lowest BCUT2D eigenvalue weighted by Crippen LogP contribution is -2.31. The molecule has 2 heterocycles. The number of carbonyl (C=O) groups is 1. The topological polar surface area (TPSA) is 105 Å². The molecule has 0 saturated heterocycles. The minimum atomic E-state index is -0.622. The number of methoxy groups -OCH3 is 1. The fraction of sp³-hybridized carbons (Fsp3) is 0.111. The van der Waals surface area contributed by atoms with Crippen molar-refractivity contribution < 1.29 is 9.53 Å². The molecule has 1 unspecified atom stereocenters. The Morgan fingerprint density at radius 1 is 1.11 bits per heavy atom. The molecule has 37 heavy (non-hydrogen) atoms. The van der Waals surface area contributed by atoms with Gasteiger partial charge >= 0.3 is 0 Å². The molecule has 4 aromatic rings. The maximum atomic E-state index is 13.7. The van der Waals surface area contributed by atoms with Gasteiger partial charge in [0.15, 0.2) is 5.82 Å². The largest absolute Gasteiger partial charge is 0.495 e. The summed E-state index contributed by atoms with van der Waals surface area (Å²) in [6, 6.07) is 20.9. The molecular weight excluding hydrogens is 511 g/mol. The minimum Gasteiger partial charge on any atom is -0.495 e. The number of halogens is 2. The fourth-order valence-electron chi connectivity index (χ4n) is 4.19. The van der Waals surface area contributed by atoms with Gasteiger partial charge in [0, 0.05) is 11.3 Å². The van der Waals surface area contributed by atoms with E-state index in [9.17, 15) is 10.1 Å². The van der Waals surface area contributed by atoms with Gasteiger partial charge in [0.1, 0.15) is 11.8 Å². The molecule has 10 heteroatoms. The van der Waals surface area contributed by atoms with Crippen molar-refractivity contribution in [2.75, 3.05) is 17.7 Å². The van der Waals surface area contributed by atoms with E-state index in [0.717, 1.165) is 5.56 Å². The Bertz CT molecular complexity index is 1590. The first-order chi connectivity index (χ1) is 17.9. The second kappa shape index (κ2) is 9.97. The number of fused-ring (bicyclic) bond motifs is 1. The van der Waals surface area contributed by atoms with Crippen LogP contribution in [0.15, 0.2) is 78.0 Å². The monoisotopic (exact) mass is 530 g/mol. The van der Waals surface area contributed by atoms with Gasteiger partial charge in [-0.15, -0.1) is 5.10 Å². The third-order valence-electron chi connectivity index (χ3n) is 5.99. The third-order valence-corrected chi connectivity index (χ3v) is 6.72. The summed E-state index contributed by atoms with van der Waals surface area (Å²) in [4.78, 5) is 18.4. The van der Waals surface area contributed by atoms with Crippen LogP contribution >= 0.6 is 23.2 Å². The SMILES string of the molecule is COc1ccccc1NC(=O)C1=C(C)Nc2nc(-c3ccc(Cl)c(Cl)c3)nn2C1c1ccc(C#N)cc1. The van der Waals surface area contributed by atoms with Crippen LogP contribution in [-0.4, -0.2) is 27.8 Å².